The van der Waals surface area contributed by atoms with Crippen molar-refractivity contribution in [3.05, 3.63) is 0 Å². The van der Waals surface area contributed by atoms with Crippen LogP contribution in [0.1, 0.15) is 41.0 Å². The van der Waals surface area contributed by atoms with E-state index in [1.807, 2.05) is 0 Å². The van der Waals surface area contributed by atoms with Gasteiger partial charge in [0.1, 0.15) is 31.5 Å². The number of ketones is 1. The van der Waals surface area contributed by atoms with Crippen LogP contribution in [0, 0.1) is 0 Å². The molecule has 0 aliphatic carbocycles. The standard InChI is InChI=1S/C20H28O13/c1-10(21)8-16(26)27-6-7-28-20-19(32-14(5)25)18(31-13(4)24)17(30-12(3)23)15(33-20)9-29-11(2)22/h15,17-20H,6-9H2,1-5H3/t15-,17-,18+,19-,20+/m1/s1. The van der Waals surface area contributed by atoms with Crippen molar-refractivity contribution in [1.29, 1.82) is 0 Å². The Labute approximate surface area is 189 Å². The van der Waals surface area contributed by atoms with Gasteiger partial charge in [-0.05, 0) is 6.92 Å². The summed E-state index contributed by atoms with van der Waals surface area (Å²) in [5.41, 5.74) is 0. The summed E-state index contributed by atoms with van der Waals surface area (Å²) in [5, 5.41) is 0. The lowest BCUT2D eigenvalue weighted by molar-refractivity contribution is -0.309. The van der Waals surface area contributed by atoms with E-state index in [1.54, 1.807) is 0 Å². The summed E-state index contributed by atoms with van der Waals surface area (Å²) in [6.07, 6.45) is -6.98. The number of Topliss-reactive ketones (excluding diaryl/α,β-unsaturated/α-hetero) is 1. The van der Waals surface area contributed by atoms with Crippen molar-refractivity contribution in [1.82, 2.24) is 0 Å². The van der Waals surface area contributed by atoms with E-state index in [-0.39, 0.29) is 19.0 Å². The molecule has 186 valence electrons. The first-order chi connectivity index (χ1) is 15.4. The van der Waals surface area contributed by atoms with Gasteiger partial charge in [-0.3, -0.25) is 28.8 Å². The predicted octanol–water partition coefficient (Wildman–Crippen LogP) is -0.392. The van der Waals surface area contributed by atoms with Gasteiger partial charge in [-0.2, -0.15) is 0 Å². The van der Waals surface area contributed by atoms with Crippen LogP contribution in [0.4, 0.5) is 0 Å². The summed E-state index contributed by atoms with van der Waals surface area (Å²) in [6.45, 7) is 4.76. The molecule has 1 aliphatic heterocycles. The Bertz CT molecular complexity index is 746. The first kappa shape index (κ1) is 28.0. The average Bonchev–Trinajstić information content (AvgIpc) is 2.66. The molecule has 0 spiro atoms. The number of carbonyl (C=O) groups is 6. The summed E-state index contributed by atoms with van der Waals surface area (Å²) in [5.74, 6) is -4.09. The molecule has 0 bridgehead atoms. The lowest BCUT2D eigenvalue weighted by Gasteiger charge is -2.44. The van der Waals surface area contributed by atoms with Gasteiger partial charge >= 0.3 is 29.8 Å². The minimum Gasteiger partial charge on any atom is -0.463 e. The molecule has 1 rings (SSSR count). The molecule has 13 heteroatoms. The molecule has 0 amide bonds. The highest BCUT2D eigenvalue weighted by atomic mass is 16.7. The average molecular weight is 476 g/mol. The zero-order chi connectivity index (χ0) is 25.1. The molecule has 0 unspecified atom stereocenters. The van der Waals surface area contributed by atoms with Crippen LogP contribution in [0.2, 0.25) is 0 Å². The van der Waals surface area contributed by atoms with Gasteiger partial charge in [0.15, 0.2) is 24.6 Å². The molecule has 0 radical (unpaired) electrons. The topological polar surface area (TPSA) is 167 Å². The highest BCUT2D eigenvalue weighted by molar-refractivity contribution is 5.94. The van der Waals surface area contributed by atoms with E-state index in [2.05, 4.69) is 0 Å². The normalized spacial score (nSPS) is 24.2. The minimum atomic E-state index is -1.38. The van der Waals surface area contributed by atoms with Crippen LogP contribution < -0.4 is 0 Å². The van der Waals surface area contributed by atoms with E-state index >= 15 is 0 Å². The molecule has 0 saturated carbocycles. The Morgan fingerprint density at radius 3 is 1.73 bits per heavy atom. The van der Waals surface area contributed by atoms with Gasteiger partial charge in [0, 0.05) is 27.7 Å². The first-order valence-corrected chi connectivity index (χ1v) is 9.97. The molecule has 1 aliphatic rings. The molecule has 1 saturated heterocycles. The van der Waals surface area contributed by atoms with Crippen LogP contribution >= 0.6 is 0 Å². The third-order valence-electron chi connectivity index (χ3n) is 3.97. The van der Waals surface area contributed by atoms with E-state index in [1.165, 1.54) is 6.92 Å². The Kier molecular flexibility index (Phi) is 11.4. The van der Waals surface area contributed by atoms with E-state index in [0.717, 1.165) is 27.7 Å². The van der Waals surface area contributed by atoms with Crippen LogP contribution in [-0.4, -0.2) is 86.2 Å². The van der Waals surface area contributed by atoms with Crippen molar-refractivity contribution in [3.63, 3.8) is 0 Å². The van der Waals surface area contributed by atoms with E-state index in [4.69, 9.17) is 33.2 Å². The van der Waals surface area contributed by atoms with Crippen molar-refractivity contribution < 1.29 is 61.9 Å². The molecular weight excluding hydrogens is 448 g/mol. The van der Waals surface area contributed by atoms with Gasteiger partial charge in [0.25, 0.3) is 0 Å². The molecule has 5 atom stereocenters. The van der Waals surface area contributed by atoms with Crippen LogP contribution in [0.5, 0.6) is 0 Å². The van der Waals surface area contributed by atoms with Crippen LogP contribution in [0.25, 0.3) is 0 Å². The predicted molar refractivity (Wildman–Crippen MR) is 104 cm³/mol. The minimum absolute atomic E-state index is 0.253. The quantitative estimate of drug-likeness (QED) is 0.164. The number of esters is 5. The number of carbonyl (C=O) groups excluding carboxylic acids is 6. The summed E-state index contributed by atoms with van der Waals surface area (Å²) in [7, 11) is 0. The highest BCUT2D eigenvalue weighted by Crippen LogP contribution is 2.29. The second kappa shape index (κ2) is 13.5. The van der Waals surface area contributed by atoms with E-state index in [0.29, 0.717) is 0 Å². The summed E-state index contributed by atoms with van der Waals surface area (Å²) in [6, 6.07) is 0. The number of hydrogen-bond donors (Lipinski definition) is 0. The summed E-state index contributed by atoms with van der Waals surface area (Å²) in [4.78, 5) is 68.8. The van der Waals surface area contributed by atoms with Gasteiger partial charge < -0.3 is 33.2 Å². The lowest BCUT2D eigenvalue weighted by Crippen LogP contribution is -2.63. The fourth-order valence-corrected chi connectivity index (χ4v) is 2.90. The highest BCUT2D eigenvalue weighted by Gasteiger charge is 2.52. The molecule has 0 aromatic rings. The second-order valence-electron chi connectivity index (χ2n) is 7.04. The number of hydrogen-bond acceptors (Lipinski definition) is 13. The SMILES string of the molecule is CC(=O)CC(=O)OCCO[C@H]1O[C@H](COC(C)=O)[C@@H](OC(C)=O)[C@H](OC(C)=O)[C@H]1OC(C)=O. The molecule has 13 nitrogen and oxygen atoms in total. The summed E-state index contributed by atoms with van der Waals surface area (Å²) < 4.78 is 36.7. The van der Waals surface area contributed by atoms with Gasteiger partial charge in [0.05, 0.1) is 6.61 Å². The molecule has 1 heterocycles. The molecule has 0 aromatic carbocycles. The number of ether oxygens (including phenoxy) is 7. The third-order valence-corrected chi connectivity index (χ3v) is 3.97. The van der Waals surface area contributed by atoms with Crippen LogP contribution in [-0.2, 0) is 61.9 Å². The summed E-state index contributed by atoms with van der Waals surface area (Å²) >= 11 is 0. The van der Waals surface area contributed by atoms with Gasteiger partial charge in [0.2, 0.25) is 0 Å². The first-order valence-electron chi connectivity index (χ1n) is 9.97. The van der Waals surface area contributed by atoms with Crippen molar-refractivity contribution in [3.8, 4) is 0 Å². The van der Waals surface area contributed by atoms with Crippen molar-refractivity contribution in [2.45, 2.75) is 71.7 Å². The Morgan fingerprint density at radius 2 is 1.21 bits per heavy atom. The van der Waals surface area contributed by atoms with Crippen molar-refractivity contribution in [2.24, 2.45) is 0 Å². The maximum absolute atomic E-state index is 11.7. The van der Waals surface area contributed by atoms with Crippen LogP contribution in [0.15, 0.2) is 0 Å². The van der Waals surface area contributed by atoms with Gasteiger partial charge in [-0.25, -0.2) is 0 Å². The molecule has 0 N–H and O–H groups in total. The third kappa shape index (κ3) is 10.4. The fraction of sp³-hybridized carbons (Fsp3) is 0.700. The Balaban J connectivity index is 3.08. The van der Waals surface area contributed by atoms with Crippen LogP contribution in [0.3, 0.4) is 0 Å². The zero-order valence-corrected chi connectivity index (χ0v) is 19.0. The Morgan fingerprint density at radius 1 is 0.667 bits per heavy atom. The zero-order valence-electron chi connectivity index (χ0n) is 19.0. The molecule has 0 aromatic heterocycles. The van der Waals surface area contributed by atoms with Gasteiger partial charge in [-0.15, -0.1) is 0 Å². The monoisotopic (exact) mass is 476 g/mol. The van der Waals surface area contributed by atoms with E-state index < -0.39 is 73.6 Å². The molecule has 33 heavy (non-hydrogen) atoms. The lowest BCUT2D eigenvalue weighted by atomic mass is 9.98. The number of rotatable bonds is 11. The Hall–Kier alpha value is -3.06. The van der Waals surface area contributed by atoms with Crippen molar-refractivity contribution >= 4 is 35.6 Å². The van der Waals surface area contributed by atoms with E-state index in [9.17, 15) is 28.8 Å². The van der Waals surface area contributed by atoms with Gasteiger partial charge in [-0.1, -0.05) is 0 Å². The van der Waals surface area contributed by atoms with Crippen molar-refractivity contribution in [2.75, 3.05) is 19.8 Å². The second-order valence-corrected chi connectivity index (χ2v) is 7.04. The molecular formula is C20H28O13. The molecule has 1 fully saturated rings. The maximum Gasteiger partial charge on any atom is 0.313 e. The largest absolute Gasteiger partial charge is 0.463 e. The smallest absolute Gasteiger partial charge is 0.313 e. The fourth-order valence-electron chi connectivity index (χ4n) is 2.90. The maximum atomic E-state index is 11.7.